The van der Waals surface area contributed by atoms with E-state index in [-0.39, 0.29) is 5.41 Å². The highest BCUT2D eigenvalue weighted by atomic mass is 32.1. The van der Waals surface area contributed by atoms with Gasteiger partial charge in [-0.2, -0.15) is 0 Å². The van der Waals surface area contributed by atoms with E-state index in [1.54, 1.807) is 0 Å². The maximum absolute atomic E-state index is 5.52. The second-order valence-electron chi connectivity index (χ2n) is 4.31. The van der Waals surface area contributed by atoms with Crippen LogP contribution in [0, 0.1) is 5.41 Å². The zero-order chi connectivity index (χ0) is 10.6. The first-order chi connectivity index (χ1) is 6.50. The third-order valence-electron chi connectivity index (χ3n) is 1.83. The van der Waals surface area contributed by atoms with E-state index < -0.39 is 0 Å². The smallest absolute Gasteiger partial charge is 0.165 e. The molecule has 0 saturated heterocycles. The average molecular weight is 208 g/mol. The van der Waals surface area contributed by atoms with Crippen LogP contribution in [-0.2, 0) is 11.3 Å². The maximum atomic E-state index is 5.52. The molecule has 0 aliphatic rings. The maximum Gasteiger partial charge on any atom is 0.165 e. The van der Waals surface area contributed by atoms with Crippen molar-refractivity contribution in [1.82, 2.24) is 0 Å². The lowest BCUT2D eigenvalue weighted by Gasteiger charge is -2.19. The number of thiocarbonyl (C=S) groups is 1. The number of ether oxygens (including phenoxy) is 1. The van der Waals surface area contributed by atoms with Crippen molar-refractivity contribution < 1.29 is 4.74 Å². The van der Waals surface area contributed by atoms with Crippen molar-refractivity contribution in [2.24, 2.45) is 5.41 Å². The third kappa shape index (κ3) is 3.46. The summed E-state index contributed by atoms with van der Waals surface area (Å²) in [6, 6.07) is 10.1. The van der Waals surface area contributed by atoms with Crippen LogP contribution in [0.4, 0.5) is 0 Å². The van der Waals surface area contributed by atoms with Gasteiger partial charge in [-0.05, 0) is 17.8 Å². The van der Waals surface area contributed by atoms with Crippen LogP contribution in [0.3, 0.4) is 0 Å². The van der Waals surface area contributed by atoms with Crippen LogP contribution in [0.15, 0.2) is 30.3 Å². The standard InChI is InChI=1S/C12H16OS/c1-12(2,3)11(14)13-9-10-7-5-4-6-8-10/h4-8H,9H2,1-3H3. The van der Waals surface area contributed by atoms with E-state index in [4.69, 9.17) is 17.0 Å². The molecule has 0 N–H and O–H groups in total. The Kier molecular flexibility index (Phi) is 3.64. The zero-order valence-corrected chi connectivity index (χ0v) is 9.73. The highest BCUT2D eigenvalue weighted by molar-refractivity contribution is 7.80. The van der Waals surface area contributed by atoms with Crippen LogP contribution in [-0.4, -0.2) is 5.05 Å². The summed E-state index contributed by atoms with van der Waals surface area (Å²) in [5.41, 5.74) is 1.10. The fourth-order valence-corrected chi connectivity index (χ4v) is 0.999. The molecule has 2 heteroatoms. The Labute approximate surface area is 91.1 Å². The molecule has 1 aromatic rings. The summed E-state index contributed by atoms with van der Waals surface area (Å²) in [5.74, 6) is 0. The molecule has 0 aliphatic heterocycles. The Morgan fingerprint density at radius 1 is 1.21 bits per heavy atom. The minimum atomic E-state index is -0.0515. The molecule has 0 atom stereocenters. The highest BCUT2D eigenvalue weighted by Gasteiger charge is 2.18. The lowest BCUT2D eigenvalue weighted by Crippen LogP contribution is -2.20. The minimum Gasteiger partial charge on any atom is -0.482 e. The number of hydrogen-bond acceptors (Lipinski definition) is 2. The van der Waals surface area contributed by atoms with Crippen molar-refractivity contribution in [1.29, 1.82) is 0 Å². The van der Waals surface area contributed by atoms with E-state index in [0.717, 1.165) is 5.56 Å². The molecule has 1 rings (SSSR count). The summed E-state index contributed by atoms with van der Waals surface area (Å²) in [4.78, 5) is 0. The van der Waals surface area contributed by atoms with Gasteiger partial charge in [0.15, 0.2) is 5.05 Å². The number of hydrogen-bond donors (Lipinski definition) is 0. The van der Waals surface area contributed by atoms with Crippen molar-refractivity contribution in [3.8, 4) is 0 Å². The van der Waals surface area contributed by atoms with Gasteiger partial charge in [0.2, 0.25) is 0 Å². The Hall–Kier alpha value is -0.890. The first-order valence-corrected chi connectivity index (χ1v) is 5.12. The highest BCUT2D eigenvalue weighted by Crippen LogP contribution is 2.18. The molecule has 14 heavy (non-hydrogen) atoms. The van der Waals surface area contributed by atoms with Crippen molar-refractivity contribution in [2.75, 3.05) is 0 Å². The molecule has 0 fully saturated rings. The van der Waals surface area contributed by atoms with Crippen LogP contribution in [0.5, 0.6) is 0 Å². The molecule has 0 saturated carbocycles. The van der Waals surface area contributed by atoms with Gasteiger partial charge in [-0.25, -0.2) is 0 Å². The summed E-state index contributed by atoms with van der Waals surface area (Å²) in [6.45, 7) is 6.73. The van der Waals surface area contributed by atoms with Crippen molar-refractivity contribution in [2.45, 2.75) is 27.4 Å². The molecule has 76 valence electrons. The second kappa shape index (κ2) is 4.56. The molecular weight excluding hydrogens is 192 g/mol. The molecule has 0 heterocycles. The van der Waals surface area contributed by atoms with Gasteiger partial charge < -0.3 is 4.74 Å². The van der Waals surface area contributed by atoms with Crippen LogP contribution >= 0.6 is 12.2 Å². The quantitative estimate of drug-likeness (QED) is 0.687. The summed E-state index contributed by atoms with van der Waals surface area (Å²) >= 11 is 5.17. The topological polar surface area (TPSA) is 9.23 Å². The van der Waals surface area contributed by atoms with Crippen LogP contribution in [0.25, 0.3) is 0 Å². The van der Waals surface area contributed by atoms with Crippen LogP contribution in [0.2, 0.25) is 0 Å². The number of benzene rings is 1. The fraction of sp³-hybridized carbons (Fsp3) is 0.417. The third-order valence-corrected chi connectivity index (χ3v) is 2.56. The van der Waals surface area contributed by atoms with Gasteiger partial charge in [-0.1, -0.05) is 51.1 Å². The van der Waals surface area contributed by atoms with Crippen molar-refractivity contribution in [3.05, 3.63) is 35.9 Å². The van der Waals surface area contributed by atoms with Gasteiger partial charge in [-0.3, -0.25) is 0 Å². The predicted octanol–water partition coefficient (Wildman–Crippen LogP) is 3.58. The van der Waals surface area contributed by atoms with E-state index in [1.807, 2.05) is 30.3 Å². The van der Waals surface area contributed by atoms with E-state index in [0.29, 0.717) is 11.7 Å². The average Bonchev–Trinajstić information content (AvgIpc) is 2.14. The van der Waals surface area contributed by atoms with Gasteiger partial charge >= 0.3 is 0 Å². The summed E-state index contributed by atoms with van der Waals surface area (Å²) < 4.78 is 5.52. The zero-order valence-electron chi connectivity index (χ0n) is 8.91. The first kappa shape index (κ1) is 11.2. The largest absolute Gasteiger partial charge is 0.482 e. The number of rotatable bonds is 2. The minimum absolute atomic E-state index is 0.0515. The Bertz CT molecular complexity index is 298. The van der Waals surface area contributed by atoms with Crippen LogP contribution < -0.4 is 0 Å². The molecule has 0 aliphatic carbocycles. The molecule has 0 aromatic heterocycles. The van der Waals surface area contributed by atoms with Gasteiger partial charge in [0.1, 0.15) is 6.61 Å². The molecule has 0 radical (unpaired) electrons. The molecule has 0 unspecified atom stereocenters. The SMILES string of the molecule is CC(C)(C)C(=S)OCc1ccccc1. The normalized spacial score (nSPS) is 11.1. The monoisotopic (exact) mass is 208 g/mol. The molecule has 1 nitrogen and oxygen atoms in total. The van der Waals surface area contributed by atoms with E-state index in [1.165, 1.54) is 0 Å². The van der Waals surface area contributed by atoms with E-state index >= 15 is 0 Å². The van der Waals surface area contributed by atoms with Crippen LogP contribution in [0.1, 0.15) is 26.3 Å². The summed E-state index contributed by atoms with van der Waals surface area (Å²) in [6.07, 6.45) is 0. The summed E-state index contributed by atoms with van der Waals surface area (Å²) in [7, 11) is 0. The van der Waals surface area contributed by atoms with Crippen molar-refractivity contribution in [3.63, 3.8) is 0 Å². The Balaban J connectivity index is 2.46. The lowest BCUT2D eigenvalue weighted by molar-refractivity contribution is 0.262. The molecule has 0 amide bonds. The van der Waals surface area contributed by atoms with Gasteiger partial charge in [-0.15, -0.1) is 0 Å². The molecule has 0 bridgehead atoms. The van der Waals surface area contributed by atoms with Gasteiger partial charge in [0.05, 0.1) is 0 Å². The van der Waals surface area contributed by atoms with E-state index in [9.17, 15) is 0 Å². The molecular formula is C12H16OS. The Morgan fingerprint density at radius 3 is 2.29 bits per heavy atom. The van der Waals surface area contributed by atoms with Gasteiger partial charge in [0.25, 0.3) is 0 Å². The predicted molar refractivity (Wildman–Crippen MR) is 63.3 cm³/mol. The fourth-order valence-electron chi connectivity index (χ4n) is 0.940. The van der Waals surface area contributed by atoms with E-state index in [2.05, 4.69) is 20.8 Å². The Morgan fingerprint density at radius 2 is 1.79 bits per heavy atom. The molecule has 0 spiro atoms. The second-order valence-corrected chi connectivity index (χ2v) is 4.68. The molecule has 1 aromatic carbocycles. The van der Waals surface area contributed by atoms with Crippen molar-refractivity contribution >= 4 is 17.3 Å². The first-order valence-electron chi connectivity index (χ1n) is 4.71. The van der Waals surface area contributed by atoms with Gasteiger partial charge in [0, 0.05) is 5.41 Å². The lowest BCUT2D eigenvalue weighted by atomic mass is 9.98. The summed E-state index contributed by atoms with van der Waals surface area (Å²) in [5, 5.41) is 0.668.